The second-order valence-corrected chi connectivity index (χ2v) is 3.82. The number of benzene rings is 1. The van der Waals surface area contributed by atoms with Gasteiger partial charge in [0, 0.05) is 6.42 Å². The van der Waals surface area contributed by atoms with Crippen LogP contribution in [0, 0.1) is 6.92 Å². The first-order valence-electron chi connectivity index (χ1n) is 5.35. The van der Waals surface area contributed by atoms with Crippen LogP contribution in [-0.2, 0) is 11.2 Å². The lowest BCUT2D eigenvalue weighted by atomic mass is 10.0. The Morgan fingerprint density at radius 3 is 2.73 bits per heavy atom. The Kier molecular flexibility index (Phi) is 4.35. The number of ether oxygens (including phenoxy) is 1. The van der Waals surface area contributed by atoms with Crippen molar-refractivity contribution in [3.8, 4) is 5.75 Å². The SMILES string of the molecule is CCCOc1ccc(C)c(CC(C)=O)c1. The van der Waals surface area contributed by atoms with Crippen LogP contribution in [0.5, 0.6) is 5.75 Å². The van der Waals surface area contributed by atoms with Gasteiger partial charge >= 0.3 is 0 Å². The zero-order valence-corrected chi connectivity index (χ0v) is 9.67. The van der Waals surface area contributed by atoms with E-state index in [0.717, 1.165) is 29.9 Å². The maximum absolute atomic E-state index is 11.0. The van der Waals surface area contributed by atoms with Crippen molar-refractivity contribution in [3.05, 3.63) is 29.3 Å². The van der Waals surface area contributed by atoms with Gasteiger partial charge in [-0.3, -0.25) is 4.79 Å². The molecular formula is C13H18O2. The molecular weight excluding hydrogens is 188 g/mol. The molecule has 82 valence electrons. The summed E-state index contributed by atoms with van der Waals surface area (Å²) in [7, 11) is 0. The first-order valence-corrected chi connectivity index (χ1v) is 5.35. The molecule has 0 amide bonds. The molecule has 0 aromatic heterocycles. The summed E-state index contributed by atoms with van der Waals surface area (Å²) < 4.78 is 5.52. The molecule has 0 atom stereocenters. The Balaban J connectivity index is 2.80. The Hall–Kier alpha value is -1.31. The van der Waals surface area contributed by atoms with Gasteiger partial charge in [0.25, 0.3) is 0 Å². The van der Waals surface area contributed by atoms with Gasteiger partial charge in [-0.15, -0.1) is 0 Å². The normalized spacial score (nSPS) is 10.1. The number of aryl methyl sites for hydroxylation is 1. The fraction of sp³-hybridized carbons (Fsp3) is 0.462. The largest absolute Gasteiger partial charge is 0.494 e. The van der Waals surface area contributed by atoms with Gasteiger partial charge < -0.3 is 4.74 Å². The van der Waals surface area contributed by atoms with Gasteiger partial charge in [-0.1, -0.05) is 13.0 Å². The topological polar surface area (TPSA) is 26.3 Å². The van der Waals surface area contributed by atoms with Crippen molar-refractivity contribution in [2.45, 2.75) is 33.6 Å². The van der Waals surface area contributed by atoms with Crippen molar-refractivity contribution in [2.24, 2.45) is 0 Å². The van der Waals surface area contributed by atoms with E-state index in [1.54, 1.807) is 6.92 Å². The number of carbonyl (C=O) groups is 1. The van der Waals surface area contributed by atoms with Crippen LogP contribution in [0.2, 0.25) is 0 Å². The number of rotatable bonds is 5. The molecule has 0 aliphatic carbocycles. The summed E-state index contributed by atoms with van der Waals surface area (Å²) >= 11 is 0. The molecule has 0 radical (unpaired) electrons. The molecule has 2 heteroatoms. The van der Waals surface area contributed by atoms with Gasteiger partial charge in [0.05, 0.1) is 6.61 Å². The fourth-order valence-corrected chi connectivity index (χ4v) is 1.42. The van der Waals surface area contributed by atoms with E-state index >= 15 is 0 Å². The number of hydrogen-bond donors (Lipinski definition) is 0. The first kappa shape index (κ1) is 11.8. The number of carbonyl (C=O) groups excluding carboxylic acids is 1. The van der Waals surface area contributed by atoms with Gasteiger partial charge in [0.1, 0.15) is 11.5 Å². The van der Waals surface area contributed by atoms with Crippen molar-refractivity contribution in [1.82, 2.24) is 0 Å². The van der Waals surface area contributed by atoms with Crippen LogP contribution in [-0.4, -0.2) is 12.4 Å². The van der Waals surface area contributed by atoms with Crippen LogP contribution in [0.1, 0.15) is 31.4 Å². The van der Waals surface area contributed by atoms with Gasteiger partial charge in [-0.05, 0) is 43.5 Å². The van der Waals surface area contributed by atoms with Crippen LogP contribution < -0.4 is 4.74 Å². The van der Waals surface area contributed by atoms with Crippen LogP contribution in [0.25, 0.3) is 0 Å². The summed E-state index contributed by atoms with van der Waals surface area (Å²) in [5.41, 5.74) is 2.21. The average molecular weight is 206 g/mol. The van der Waals surface area contributed by atoms with Crippen molar-refractivity contribution in [1.29, 1.82) is 0 Å². The molecule has 2 nitrogen and oxygen atoms in total. The predicted molar refractivity (Wildman–Crippen MR) is 61.4 cm³/mol. The molecule has 0 saturated carbocycles. The second-order valence-electron chi connectivity index (χ2n) is 3.82. The molecule has 0 saturated heterocycles. The molecule has 0 aliphatic rings. The minimum atomic E-state index is 0.186. The minimum absolute atomic E-state index is 0.186. The fourth-order valence-electron chi connectivity index (χ4n) is 1.42. The molecule has 1 aromatic rings. The summed E-state index contributed by atoms with van der Waals surface area (Å²) in [6.45, 7) is 6.42. The predicted octanol–water partition coefficient (Wildman–Crippen LogP) is 2.92. The third kappa shape index (κ3) is 3.74. The Labute approximate surface area is 91.3 Å². The second kappa shape index (κ2) is 5.54. The molecule has 0 unspecified atom stereocenters. The molecule has 0 aliphatic heterocycles. The maximum Gasteiger partial charge on any atom is 0.134 e. The van der Waals surface area contributed by atoms with E-state index in [0.29, 0.717) is 6.42 Å². The first-order chi connectivity index (χ1) is 7.13. The number of ketones is 1. The monoisotopic (exact) mass is 206 g/mol. The molecule has 0 bridgehead atoms. The van der Waals surface area contributed by atoms with Gasteiger partial charge in [-0.25, -0.2) is 0 Å². The van der Waals surface area contributed by atoms with E-state index in [2.05, 4.69) is 6.92 Å². The third-order valence-corrected chi connectivity index (χ3v) is 2.23. The van der Waals surface area contributed by atoms with Gasteiger partial charge in [0.15, 0.2) is 0 Å². The highest BCUT2D eigenvalue weighted by Crippen LogP contribution is 2.18. The van der Waals surface area contributed by atoms with E-state index in [4.69, 9.17) is 4.74 Å². The third-order valence-electron chi connectivity index (χ3n) is 2.23. The smallest absolute Gasteiger partial charge is 0.134 e. The summed E-state index contributed by atoms with van der Waals surface area (Å²) in [4.78, 5) is 11.0. The molecule has 0 spiro atoms. The van der Waals surface area contributed by atoms with E-state index < -0.39 is 0 Å². The highest BCUT2D eigenvalue weighted by Gasteiger charge is 2.03. The van der Waals surface area contributed by atoms with Crippen LogP contribution in [0.15, 0.2) is 18.2 Å². The lowest BCUT2D eigenvalue weighted by Crippen LogP contribution is -2.01. The Morgan fingerprint density at radius 2 is 2.13 bits per heavy atom. The van der Waals surface area contributed by atoms with Crippen molar-refractivity contribution in [2.75, 3.05) is 6.61 Å². The van der Waals surface area contributed by atoms with Crippen molar-refractivity contribution >= 4 is 5.78 Å². The molecule has 15 heavy (non-hydrogen) atoms. The van der Waals surface area contributed by atoms with Gasteiger partial charge in [0.2, 0.25) is 0 Å². The van der Waals surface area contributed by atoms with Crippen molar-refractivity contribution < 1.29 is 9.53 Å². The molecule has 1 aromatic carbocycles. The highest BCUT2D eigenvalue weighted by molar-refractivity contribution is 5.78. The zero-order chi connectivity index (χ0) is 11.3. The van der Waals surface area contributed by atoms with E-state index in [-0.39, 0.29) is 5.78 Å². The molecule has 0 fully saturated rings. The molecule has 0 N–H and O–H groups in total. The zero-order valence-electron chi connectivity index (χ0n) is 9.67. The standard InChI is InChI=1S/C13H18O2/c1-4-7-15-13-6-5-10(2)12(9-13)8-11(3)14/h5-6,9H,4,7-8H2,1-3H3. The molecule has 0 heterocycles. The number of hydrogen-bond acceptors (Lipinski definition) is 2. The quantitative estimate of drug-likeness (QED) is 0.740. The van der Waals surface area contributed by atoms with Crippen LogP contribution >= 0.6 is 0 Å². The van der Waals surface area contributed by atoms with Crippen LogP contribution in [0.4, 0.5) is 0 Å². The summed E-state index contributed by atoms with van der Waals surface area (Å²) in [5, 5.41) is 0. The average Bonchev–Trinajstić information content (AvgIpc) is 2.18. The van der Waals surface area contributed by atoms with Crippen molar-refractivity contribution in [3.63, 3.8) is 0 Å². The molecule has 1 rings (SSSR count). The van der Waals surface area contributed by atoms with Crippen LogP contribution in [0.3, 0.4) is 0 Å². The van der Waals surface area contributed by atoms with E-state index in [1.807, 2.05) is 25.1 Å². The Bertz CT molecular complexity index is 342. The Morgan fingerprint density at radius 1 is 1.40 bits per heavy atom. The van der Waals surface area contributed by atoms with E-state index in [1.165, 1.54) is 0 Å². The van der Waals surface area contributed by atoms with Gasteiger partial charge in [-0.2, -0.15) is 0 Å². The maximum atomic E-state index is 11.0. The summed E-state index contributed by atoms with van der Waals surface area (Å²) in [6.07, 6.45) is 1.49. The lowest BCUT2D eigenvalue weighted by molar-refractivity contribution is -0.116. The number of Topliss-reactive ketones (excluding diaryl/α,β-unsaturated/α-hetero) is 1. The summed E-state index contributed by atoms with van der Waals surface area (Å²) in [6, 6.07) is 5.92. The summed E-state index contributed by atoms with van der Waals surface area (Å²) in [5.74, 6) is 1.05. The van der Waals surface area contributed by atoms with E-state index in [9.17, 15) is 4.79 Å². The minimum Gasteiger partial charge on any atom is -0.494 e. The highest BCUT2D eigenvalue weighted by atomic mass is 16.5. The lowest BCUT2D eigenvalue weighted by Gasteiger charge is -2.08.